The predicted molar refractivity (Wildman–Crippen MR) is 88.1 cm³/mol. The summed E-state index contributed by atoms with van der Waals surface area (Å²) in [4.78, 5) is 25.3. The maximum absolute atomic E-state index is 12.9. The number of benzene rings is 1. The molecule has 0 aromatic heterocycles. The summed E-state index contributed by atoms with van der Waals surface area (Å²) in [6.07, 6.45) is -4.78. The first-order valence-corrected chi connectivity index (χ1v) is 8.76. The van der Waals surface area contributed by atoms with Gasteiger partial charge in [0.1, 0.15) is 5.92 Å². The molecule has 2 aliphatic rings. The molecule has 1 unspecified atom stereocenters. The van der Waals surface area contributed by atoms with Gasteiger partial charge in [0.2, 0.25) is 5.91 Å². The molecule has 0 bridgehead atoms. The van der Waals surface area contributed by atoms with Crippen molar-refractivity contribution < 1.29 is 22.8 Å². The number of rotatable bonds is 1. The van der Waals surface area contributed by atoms with Crippen LogP contribution in [-0.2, 0) is 9.59 Å². The smallest absolute Gasteiger partial charge is 0.343 e. The van der Waals surface area contributed by atoms with E-state index in [-0.39, 0.29) is 46.3 Å². The Morgan fingerprint density at radius 3 is 2.12 bits per heavy atom. The second-order valence-electron chi connectivity index (χ2n) is 6.47. The molecule has 1 aliphatic heterocycles. The Hall–Kier alpha value is -0.980. The minimum atomic E-state index is -4.29. The highest BCUT2D eigenvalue weighted by molar-refractivity contribution is 6.43. The minimum Gasteiger partial charge on any atom is -0.343 e. The van der Waals surface area contributed by atoms with Crippen LogP contribution in [0.3, 0.4) is 0 Å². The van der Waals surface area contributed by atoms with E-state index in [9.17, 15) is 22.8 Å². The summed E-state index contributed by atoms with van der Waals surface area (Å²) in [5, 5.41) is 3.05. The zero-order valence-corrected chi connectivity index (χ0v) is 15.0. The van der Waals surface area contributed by atoms with E-state index in [0.717, 1.165) is 0 Å². The number of hydrogen-bond donors (Lipinski definition) is 1. The summed E-state index contributed by atoms with van der Waals surface area (Å²) in [6.45, 7) is 0. The summed E-state index contributed by atoms with van der Waals surface area (Å²) < 4.78 is 38.6. The molecule has 1 aromatic carbocycles. The minimum absolute atomic E-state index is 0.0445. The lowest BCUT2D eigenvalue weighted by Crippen LogP contribution is -2.50. The number of amides is 1. The molecule has 1 spiro atoms. The predicted octanol–water partition coefficient (Wildman–Crippen LogP) is 4.92. The van der Waals surface area contributed by atoms with Gasteiger partial charge in [0.25, 0.3) is 0 Å². The Morgan fingerprint density at radius 1 is 1.00 bits per heavy atom. The van der Waals surface area contributed by atoms with E-state index >= 15 is 0 Å². The fraction of sp³-hybridized carbons (Fsp3) is 0.500. The summed E-state index contributed by atoms with van der Waals surface area (Å²) in [5.74, 6) is -3.67. The standard InChI is InChI=1S/C16H13Cl3F3NO2/c17-9-6-11(19)10(18)5-8(9)12-13(24)15(23-14(12)25)3-1-7(2-4-15)16(20,21)22/h5-7,12H,1-4H2,(H,23,25). The van der Waals surface area contributed by atoms with Gasteiger partial charge in [-0.05, 0) is 43.4 Å². The van der Waals surface area contributed by atoms with Gasteiger partial charge >= 0.3 is 6.18 Å². The van der Waals surface area contributed by atoms with Crippen LogP contribution < -0.4 is 5.32 Å². The highest BCUT2D eigenvalue weighted by atomic mass is 35.5. The van der Waals surface area contributed by atoms with Crippen molar-refractivity contribution in [1.82, 2.24) is 5.32 Å². The Balaban J connectivity index is 1.88. The van der Waals surface area contributed by atoms with Gasteiger partial charge in [-0.3, -0.25) is 9.59 Å². The van der Waals surface area contributed by atoms with Crippen LogP contribution in [0.5, 0.6) is 0 Å². The van der Waals surface area contributed by atoms with E-state index in [1.165, 1.54) is 12.1 Å². The second-order valence-corrected chi connectivity index (χ2v) is 7.69. The van der Waals surface area contributed by atoms with Crippen LogP contribution in [0.1, 0.15) is 37.2 Å². The van der Waals surface area contributed by atoms with Crippen molar-refractivity contribution in [3.63, 3.8) is 0 Å². The topological polar surface area (TPSA) is 46.2 Å². The third kappa shape index (κ3) is 3.24. The molecule has 3 nitrogen and oxygen atoms in total. The molecule has 136 valence electrons. The molecule has 1 atom stereocenters. The lowest BCUT2D eigenvalue weighted by Gasteiger charge is -2.36. The largest absolute Gasteiger partial charge is 0.391 e. The van der Waals surface area contributed by atoms with E-state index in [0.29, 0.717) is 0 Å². The van der Waals surface area contributed by atoms with E-state index in [1.807, 2.05) is 0 Å². The van der Waals surface area contributed by atoms with Crippen LogP contribution in [0.4, 0.5) is 13.2 Å². The molecule has 1 aromatic rings. The van der Waals surface area contributed by atoms with Crippen molar-refractivity contribution in [2.75, 3.05) is 0 Å². The normalized spacial score (nSPS) is 30.0. The van der Waals surface area contributed by atoms with Crippen LogP contribution in [0.25, 0.3) is 0 Å². The fourth-order valence-electron chi connectivity index (χ4n) is 3.62. The Kier molecular flexibility index (Phi) is 4.75. The molecule has 3 rings (SSSR count). The maximum Gasteiger partial charge on any atom is 0.391 e. The Labute approximate surface area is 156 Å². The quantitative estimate of drug-likeness (QED) is 0.524. The van der Waals surface area contributed by atoms with Gasteiger partial charge in [0.05, 0.1) is 21.5 Å². The van der Waals surface area contributed by atoms with Crippen molar-refractivity contribution in [3.05, 3.63) is 32.8 Å². The van der Waals surface area contributed by atoms with Crippen LogP contribution >= 0.6 is 34.8 Å². The van der Waals surface area contributed by atoms with Crippen molar-refractivity contribution >= 4 is 46.5 Å². The van der Waals surface area contributed by atoms with Gasteiger partial charge in [0, 0.05) is 5.02 Å². The Bertz CT molecular complexity index is 743. The molecular weight excluding hydrogens is 402 g/mol. The van der Waals surface area contributed by atoms with Crippen molar-refractivity contribution in [2.45, 2.75) is 43.3 Å². The third-order valence-electron chi connectivity index (χ3n) is 5.01. The number of nitrogens with one attached hydrogen (secondary N) is 1. The van der Waals surface area contributed by atoms with Gasteiger partial charge in [-0.2, -0.15) is 13.2 Å². The summed E-state index contributed by atoms with van der Waals surface area (Å²) in [5.41, 5.74) is -1.05. The number of halogens is 6. The fourth-order valence-corrected chi connectivity index (χ4v) is 4.28. The second kappa shape index (κ2) is 6.32. The first-order chi connectivity index (χ1) is 11.5. The molecule has 1 heterocycles. The van der Waals surface area contributed by atoms with Gasteiger partial charge in [-0.15, -0.1) is 0 Å². The first kappa shape index (κ1) is 18.8. The van der Waals surface area contributed by atoms with Gasteiger partial charge < -0.3 is 5.32 Å². The van der Waals surface area contributed by atoms with Gasteiger partial charge in [-0.1, -0.05) is 34.8 Å². The highest BCUT2D eigenvalue weighted by Gasteiger charge is 2.56. The molecule has 1 saturated carbocycles. The number of carbonyl (C=O) groups excluding carboxylic acids is 2. The van der Waals surface area contributed by atoms with Crippen LogP contribution in [-0.4, -0.2) is 23.4 Å². The summed E-state index contributed by atoms with van der Waals surface area (Å²) >= 11 is 17.9. The molecule has 2 fully saturated rings. The number of carbonyl (C=O) groups is 2. The van der Waals surface area contributed by atoms with E-state index in [2.05, 4.69) is 5.32 Å². The average molecular weight is 415 g/mol. The summed E-state index contributed by atoms with van der Waals surface area (Å²) in [7, 11) is 0. The molecule has 1 saturated heterocycles. The van der Waals surface area contributed by atoms with Crippen molar-refractivity contribution in [1.29, 1.82) is 0 Å². The van der Waals surface area contributed by atoms with E-state index < -0.39 is 35.2 Å². The van der Waals surface area contributed by atoms with Gasteiger partial charge in [0.15, 0.2) is 5.78 Å². The average Bonchev–Trinajstić information content (AvgIpc) is 2.74. The highest BCUT2D eigenvalue weighted by Crippen LogP contribution is 2.46. The van der Waals surface area contributed by atoms with Crippen molar-refractivity contribution in [3.8, 4) is 0 Å². The third-order valence-corrected chi connectivity index (χ3v) is 6.06. The lowest BCUT2D eigenvalue weighted by molar-refractivity contribution is -0.185. The molecule has 1 aliphatic carbocycles. The molecule has 1 N–H and O–H groups in total. The first-order valence-electron chi connectivity index (χ1n) is 7.63. The van der Waals surface area contributed by atoms with E-state index in [4.69, 9.17) is 34.8 Å². The number of Topliss-reactive ketones (excluding diaryl/α,β-unsaturated/α-hetero) is 1. The van der Waals surface area contributed by atoms with Crippen LogP contribution in [0.15, 0.2) is 12.1 Å². The summed E-state index contributed by atoms with van der Waals surface area (Å²) in [6, 6.07) is 2.70. The van der Waals surface area contributed by atoms with Gasteiger partial charge in [-0.25, -0.2) is 0 Å². The Morgan fingerprint density at radius 2 is 1.56 bits per heavy atom. The van der Waals surface area contributed by atoms with E-state index in [1.54, 1.807) is 0 Å². The lowest BCUT2D eigenvalue weighted by atomic mass is 9.73. The molecule has 25 heavy (non-hydrogen) atoms. The number of alkyl halides is 3. The number of ketones is 1. The van der Waals surface area contributed by atoms with Crippen molar-refractivity contribution in [2.24, 2.45) is 5.92 Å². The molecular formula is C16H13Cl3F3NO2. The SMILES string of the molecule is O=C1NC2(CCC(C(F)(F)F)CC2)C(=O)C1c1cc(Cl)c(Cl)cc1Cl. The maximum atomic E-state index is 12.9. The monoisotopic (exact) mass is 413 g/mol. The number of hydrogen-bond acceptors (Lipinski definition) is 2. The zero-order chi connectivity index (χ0) is 18.6. The molecule has 0 radical (unpaired) electrons. The zero-order valence-electron chi connectivity index (χ0n) is 12.7. The van der Waals surface area contributed by atoms with Crippen LogP contribution in [0, 0.1) is 5.92 Å². The molecule has 1 amide bonds. The molecule has 9 heteroatoms. The van der Waals surface area contributed by atoms with Crippen LogP contribution in [0.2, 0.25) is 15.1 Å².